The van der Waals surface area contributed by atoms with Gasteiger partial charge in [-0.3, -0.25) is 0 Å². The van der Waals surface area contributed by atoms with Crippen LogP contribution < -0.4 is 0 Å². The van der Waals surface area contributed by atoms with Crippen molar-refractivity contribution in [1.29, 1.82) is 0 Å². The van der Waals surface area contributed by atoms with E-state index in [1.54, 1.807) is 13.0 Å². The fourth-order valence-electron chi connectivity index (χ4n) is 1.000. The molecular formula is C7H9N3O2. The van der Waals surface area contributed by atoms with Crippen LogP contribution in [0.15, 0.2) is 21.9 Å². The summed E-state index contributed by atoms with van der Waals surface area (Å²) < 4.78 is 5.00. The first-order valence-corrected chi connectivity index (χ1v) is 3.48. The number of hydrogen-bond donors (Lipinski definition) is 1. The van der Waals surface area contributed by atoms with Gasteiger partial charge in [-0.25, -0.2) is 0 Å². The highest BCUT2D eigenvalue weighted by molar-refractivity contribution is 5.20. The maximum absolute atomic E-state index is 8.85. The Hall–Kier alpha value is -1.45. The van der Waals surface area contributed by atoms with Gasteiger partial charge in [0, 0.05) is 10.5 Å². The Bertz CT molecular complexity index is 301. The molecule has 5 heteroatoms. The Morgan fingerprint density at radius 2 is 2.58 bits per heavy atom. The van der Waals surface area contributed by atoms with Crippen LogP contribution in [-0.2, 0) is 0 Å². The molecule has 1 heterocycles. The van der Waals surface area contributed by atoms with Gasteiger partial charge in [0.15, 0.2) is 0 Å². The predicted octanol–water partition coefficient (Wildman–Crippen LogP) is 1.93. The normalized spacial score (nSPS) is 12.2. The third-order valence-electron chi connectivity index (χ3n) is 1.62. The van der Waals surface area contributed by atoms with Crippen molar-refractivity contribution in [1.82, 2.24) is 0 Å². The number of aryl methyl sites for hydroxylation is 1. The highest BCUT2D eigenvalue weighted by Crippen LogP contribution is 2.21. The van der Waals surface area contributed by atoms with Crippen LogP contribution in [0, 0.1) is 6.92 Å². The second-order valence-electron chi connectivity index (χ2n) is 2.34. The van der Waals surface area contributed by atoms with Crippen LogP contribution in [0.4, 0.5) is 0 Å². The summed E-state index contributed by atoms with van der Waals surface area (Å²) in [7, 11) is 0. The van der Waals surface area contributed by atoms with E-state index in [0.717, 1.165) is 5.56 Å². The van der Waals surface area contributed by atoms with Crippen LogP contribution >= 0.6 is 0 Å². The third-order valence-corrected chi connectivity index (χ3v) is 1.62. The van der Waals surface area contributed by atoms with E-state index in [-0.39, 0.29) is 6.61 Å². The van der Waals surface area contributed by atoms with Gasteiger partial charge in [0.25, 0.3) is 0 Å². The van der Waals surface area contributed by atoms with Gasteiger partial charge in [0.1, 0.15) is 5.76 Å². The molecule has 0 aromatic carbocycles. The van der Waals surface area contributed by atoms with Crippen molar-refractivity contribution in [2.45, 2.75) is 13.0 Å². The zero-order valence-electron chi connectivity index (χ0n) is 6.64. The van der Waals surface area contributed by atoms with Crippen LogP contribution in [0.3, 0.4) is 0 Å². The van der Waals surface area contributed by atoms with E-state index in [4.69, 9.17) is 15.1 Å². The van der Waals surface area contributed by atoms with Crippen LogP contribution in [0.2, 0.25) is 0 Å². The van der Waals surface area contributed by atoms with Crippen molar-refractivity contribution in [2.24, 2.45) is 5.11 Å². The Labute approximate surface area is 69.2 Å². The minimum atomic E-state index is -0.534. The van der Waals surface area contributed by atoms with Crippen molar-refractivity contribution >= 4 is 0 Å². The summed E-state index contributed by atoms with van der Waals surface area (Å²) >= 11 is 0. The Morgan fingerprint density at radius 1 is 1.83 bits per heavy atom. The molecule has 1 aromatic heterocycles. The van der Waals surface area contributed by atoms with Crippen LogP contribution in [0.5, 0.6) is 0 Å². The second-order valence-corrected chi connectivity index (χ2v) is 2.34. The summed E-state index contributed by atoms with van der Waals surface area (Å²) in [5, 5.41) is 12.3. The number of aliphatic hydroxyl groups excluding tert-OH is 1. The molecule has 1 atom stereocenters. The molecule has 12 heavy (non-hydrogen) atoms. The predicted molar refractivity (Wildman–Crippen MR) is 42.4 cm³/mol. The topological polar surface area (TPSA) is 82.1 Å². The fourth-order valence-corrected chi connectivity index (χ4v) is 1.000. The summed E-state index contributed by atoms with van der Waals surface area (Å²) in [4.78, 5) is 2.63. The Kier molecular flexibility index (Phi) is 2.74. The standard InChI is InChI=1S/C7H9N3O2/c1-5-6(2-3-12-5)7(4-11)9-10-8/h2-3,7,11H,4H2,1H3. The number of azide groups is 1. The van der Waals surface area contributed by atoms with Crippen LogP contribution in [0.1, 0.15) is 17.4 Å². The molecule has 0 aliphatic heterocycles. The SMILES string of the molecule is Cc1occc1C(CO)N=[N+]=[N-]. The van der Waals surface area contributed by atoms with Crippen molar-refractivity contribution < 1.29 is 9.52 Å². The number of nitrogens with zero attached hydrogens (tertiary/aromatic N) is 3. The lowest BCUT2D eigenvalue weighted by molar-refractivity contribution is 0.266. The first-order valence-electron chi connectivity index (χ1n) is 3.48. The first kappa shape index (κ1) is 8.64. The maximum atomic E-state index is 8.85. The summed E-state index contributed by atoms with van der Waals surface area (Å²) in [6.45, 7) is 1.55. The number of rotatable bonds is 3. The fraction of sp³-hybridized carbons (Fsp3) is 0.429. The average molecular weight is 167 g/mol. The highest BCUT2D eigenvalue weighted by atomic mass is 16.3. The second kappa shape index (κ2) is 3.80. The van der Waals surface area contributed by atoms with Crippen molar-refractivity contribution in [3.05, 3.63) is 34.1 Å². The molecule has 0 fully saturated rings. The average Bonchev–Trinajstić information content (AvgIpc) is 2.47. The summed E-state index contributed by atoms with van der Waals surface area (Å²) in [5.74, 6) is 0.668. The smallest absolute Gasteiger partial charge is 0.104 e. The lowest BCUT2D eigenvalue weighted by Gasteiger charge is -2.04. The molecule has 0 saturated heterocycles. The highest BCUT2D eigenvalue weighted by Gasteiger charge is 2.12. The molecule has 0 aliphatic rings. The molecule has 5 nitrogen and oxygen atoms in total. The molecular weight excluding hydrogens is 158 g/mol. The van der Waals surface area contributed by atoms with Crippen LogP contribution in [0.25, 0.3) is 10.4 Å². The lowest BCUT2D eigenvalue weighted by Crippen LogP contribution is -1.99. The van der Waals surface area contributed by atoms with Gasteiger partial charge in [-0.2, -0.15) is 0 Å². The molecule has 0 spiro atoms. The summed E-state index contributed by atoms with van der Waals surface area (Å²) in [6, 6.07) is 1.15. The van der Waals surface area contributed by atoms with E-state index in [9.17, 15) is 0 Å². The van der Waals surface area contributed by atoms with Gasteiger partial charge >= 0.3 is 0 Å². The van der Waals surface area contributed by atoms with E-state index < -0.39 is 6.04 Å². The third kappa shape index (κ3) is 1.58. The molecule has 1 N–H and O–H groups in total. The molecule has 0 amide bonds. The molecule has 1 aromatic rings. The Morgan fingerprint density at radius 3 is 3.00 bits per heavy atom. The van der Waals surface area contributed by atoms with E-state index in [0.29, 0.717) is 5.76 Å². The van der Waals surface area contributed by atoms with Gasteiger partial charge in [0.2, 0.25) is 0 Å². The van der Waals surface area contributed by atoms with E-state index in [2.05, 4.69) is 10.0 Å². The molecule has 1 rings (SSSR count). The molecule has 0 radical (unpaired) electrons. The summed E-state index contributed by atoms with van der Waals surface area (Å²) in [6.07, 6.45) is 1.50. The quantitative estimate of drug-likeness (QED) is 0.424. The zero-order valence-corrected chi connectivity index (χ0v) is 6.64. The van der Waals surface area contributed by atoms with Crippen molar-refractivity contribution in [3.63, 3.8) is 0 Å². The zero-order chi connectivity index (χ0) is 8.97. The lowest BCUT2D eigenvalue weighted by atomic mass is 10.1. The first-order chi connectivity index (χ1) is 5.79. The van der Waals surface area contributed by atoms with Gasteiger partial charge < -0.3 is 9.52 Å². The van der Waals surface area contributed by atoms with Crippen molar-refractivity contribution in [2.75, 3.05) is 6.61 Å². The summed E-state index contributed by atoms with van der Waals surface area (Å²) in [5.41, 5.74) is 8.91. The van der Waals surface area contributed by atoms with Crippen LogP contribution in [-0.4, -0.2) is 11.7 Å². The number of aliphatic hydroxyl groups is 1. The molecule has 0 aliphatic carbocycles. The molecule has 1 unspecified atom stereocenters. The number of hydrogen-bond acceptors (Lipinski definition) is 3. The van der Waals surface area contributed by atoms with Gasteiger partial charge in [-0.1, -0.05) is 5.11 Å². The molecule has 0 saturated carbocycles. The van der Waals surface area contributed by atoms with Gasteiger partial charge in [0.05, 0.1) is 18.9 Å². The monoisotopic (exact) mass is 167 g/mol. The maximum Gasteiger partial charge on any atom is 0.104 e. The van der Waals surface area contributed by atoms with E-state index in [1.165, 1.54) is 6.26 Å². The largest absolute Gasteiger partial charge is 0.469 e. The van der Waals surface area contributed by atoms with Crippen molar-refractivity contribution in [3.8, 4) is 0 Å². The molecule has 64 valence electrons. The number of furan rings is 1. The van der Waals surface area contributed by atoms with E-state index in [1.807, 2.05) is 0 Å². The van der Waals surface area contributed by atoms with Gasteiger partial charge in [-0.05, 0) is 18.5 Å². The van der Waals surface area contributed by atoms with Gasteiger partial charge in [-0.15, -0.1) is 0 Å². The Balaban J connectivity index is 2.93. The minimum Gasteiger partial charge on any atom is -0.469 e. The molecule has 0 bridgehead atoms. The minimum absolute atomic E-state index is 0.204. The van der Waals surface area contributed by atoms with E-state index >= 15 is 0 Å².